The van der Waals surface area contributed by atoms with E-state index in [1.165, 1.54) is 11.8 Å². The molecule has 0 aliphatic heterocycles. The zero-order valence-electron chi connectivity index (χ0n) is 8.11. The average molecular weight is 190 g/mol. The number of esters is 1. The molecule has 0 aliphatic carbocycles. The largest absolute Gasteiger partial charge is 0.435 e. The molecule has 0 fully saturated rings. The summed E-state index contributed by atoms with van der Waals surface area (Å²) in [6.45, 7) is 3.32. The highest BCUT2D eigenvalue weighted by Crippen LogP contribution is 2.04. The Balaban J connectivity index is 2.22. The third-order valence-electron chi connectivity index (χ3n) is 1.90. The lowest BCUT2D eigenvalue weighted by Crippen LogP contribution is -1.99. The Kier molecular flexibility index (Phi) is 4.48. The van der Waals surface area contributed by atoms with E-state index in [9.17, 15) is 4.79 Å². The maximum absolute atomic E-state index is 10.9. The second-order valence-corrected chi connectivity index (χ2v) is 3.00. The van der Waals surface area contributed by atoms with Crippen molar-refractivity contribution in [2.75, 3.05) is 0 Å². The summed E-state index contributed by atoms with van der Waals surface area (Å²) in [5, 5.41) is 0. The molecule has 0 aromatic heterocycles. The van der Waals surface area contributed by atoms with E-state index in [0.717, 1.165) is 12.8 Å². The SMILES string of the molecule is C=COC(=O)CCCc1ccccc1. The lowest BCUT2D eigenvalue weighted by Gasteiger charge is -2.00. The first-order valence-corrected chi connectivity index (χ1v) is 4.67. The molecule has 0 atom stereocenters. The van der Waals surface area contributed by atoms with Crippen LogP contribution in [-0.4, -0.2) is 5.97 Å². The standard InChI is InChI=1S/C12H14O2/c1-2-14-12(13)10-6-9-11-7-4-3-5-8-11/h2-5,7-8H,1,6,9-10H2. The van der Waals surface area contributed by atoms with Crippen LogP contribution in [0.4, 0.5) is 0 Å². The van der Waals surface area contributed by atoms with Gasteiger partial charge in [0.25, 0.3) is 0 Å². The number of benzene rings is 1. The fraction of sp³-hybridized carbons (Fsp3) is 0.250. The molecule has 1 rings (SSSR count). The van der Waals surface area contributed by atoms with Gasteiger partial charge < -0.3 is 4.74 Å². The minimum Gasteiger partial charge on any atom is -0.435 e. The van der Waals surface area contributed by atoms with Crippen molar-refractivity contribution in [1.82, 2.24) is 0 Å². The van der Waals surface area contributed by atoms with E-state index >= 15 is 0 Å². The van der Waals surface area contributed by atoms with Crippen LogP contribution in [0.1, 0.15) is 18.4 Å². The molecule has 0 amide bonds. The van der Waals surface area contributed by atoms with Crippen LogP contribution in [0, 0.1) is 0 Å². The van der Waals surface area contributed by atoms with Gasteiger partial charge in [0.1, 0.15) is 0 Å². The number of hydrogen-bond acceptors (Lipinski definition) is 2. The molecule has 14 heavy (non-hydrogen) atoms. The van der Waals surface area contributed by atoms with Crippen molar-refractivity contribution in [3.63, 3.8) is 0 Å². The molecule has 1 aromatic carbocycles. The van der Waals surface area contributed by atoms with Crippen LogP contribution in [0.5, 0.6) is 0 Å². The predicted octanol–water partition coefficient (Wildman–Crippen LogP) is 2.70. The number of carbonyl (C=O) groups excluding carboxylic acids is 1. The summed E-state index contributed by atoms with van der Waals surface area (Å²) in [6.07, 6.45) is 3.34. The topological polar surface area (TPSA) is 26.3 Å². The van der Waals surface area contributed by atoms with Crippen LogP contribution in [0.15, 0.2) is 43.2 Å². The summed E-state index contributed by atoms with van der Waals surface area (Å²) in [5.74, 6) is -0.212. The van der Waals surface area contributed by atoms with Crippen molar-refractivity contribution < 1.29 is 9.53 Å². The summed E-state index contributed by atoms with van der Waals surface area (Å²) in [5.41, 5.74) is 1.25. The first-order valence-electron chi connectivity index (χ1n) is 4.67. The molecule has 0 radical (unpaired) electrons. The van der Waals surface area contributed by atoms with Crippen molar-refractivity contribution >= 4 is 5.97 Å². The van der Waals surface area contributed by atoms with E-state index in [-0.39, 0.29) is 5.97 Å². The molecular weight excluding hydrogens is 176 g/mol. The molecule has 1 aromatic rings. The minimum atomic E-state index is -0.212. The molecule has 74 valence electrons. The summed E-state index contributed by atoms with van der Waals surface area (Å²) >= 11 is 0. The Morgan fingerprint density at radius 1 is 1.36 bits per heavy atom. The Morgan fingerprint density at radius 2 is 2.07 bits per heavy atom. The van der Waals surface area contributed by atoms with Crippen molar-refractivity contribution in [2.45, 2.75) is 19.3 Å². The third-order valence-corrected chi connectivity index (χ3v) is 1.90. The number of ether oxygens (including phenoxy) is 1. The van der Waals surface area contributed by atoms with E-state index in [1.807, 2.05) is 18.2 Å². The van der Waals surface area contributed by atoms with Crippen molar-refractivity contribution in [3.05, 3.63) is 48.7 Å². The van der Waals surface area contributed by atoms with Crippen molar-refractivity contribution in [1.29, 1.82) is 0 Å². The smallest absolute Gasteiger partial charge is 0.310 e. The lowest BCUT2D eigenvalue weighted by molar-refractivity contribution is -0.138. The second kappa shape index (κ2) is 5.97. The Morgan fingerprint density at radius 3 is 2.71 bits per heavy atom. The van der Waals surface area contributed by atoms with Crippen molar-refractivity contribution in [3.8, 4) is 0 Å². The Bertz CT molecular complexity index is 290. The highest BCUT2D eigenvalue weighted by molar-refractivity contribution is 5.69. The van der Waals surface area contributed by atoms with Crippen LogP contribution in [-0.2, 0) is 16.0 Å². The number of rotatable bonds is 5. The van der Waals surface area contributed by atoms with Crippen LogP contribution in [0.2, 0.25) is 0 Å². The number of carbonyl (C=O) groups is 1. The van der Waals surface area contributed by atoms with Gasteiger partial charge >= 0.3 is 5.97 Å². The van der Waals surface area contributed by atoms with Gasteiger partial charge in [-0.3, -0.25) is 4.79 Å². The molecule has 0 heterocycles. The summed E-state index contributed by atoms with van der Waals surface area (Å²) in [4.78, 5) is 10.9. The Hall–Kier alpha value is -1.57. The third kappa shape index (κ3) is 3.90. The van der Waals surface area contributed by atoms with Crippen LogP contribution >= 0.6 is 0 Å². The van der Waals surface area contributed by atoms with E-state index in [1.54, 1.807) is 0 Å². The molecule has 0 bridgehead atoms. The molecule has 0 saturated heterocycles. The van der Waals surface area contributed by atoms with Gasteiger partial charge in [-0.1, -0.05) is 36.9 Å². The van der Waals surface area contributed by atoms with Gasteiger partial charge in [-0.05, 0) is 18.4 Å². The summed E-state index contributed by atoms with van der Waals surface area (Å²) in [7, 11) is 0. The van der Waals surface area contributed by atoms with E-state index < -0.39 is 0 Å². The van der Waals surface area contributed by atoms with Gasteiger partial charge in [-0.15, -0.1) is 0 Å². The molecule has 0 N–H and O–H groups in total. The highest BCUT2D eigenvalue weighted by atomic mass is 16.5. The van der Waals surface area contributed by atoms with Crippen LogP contribution in [0.25, 0.3) is 0 Å². The van der Waals surface area contributed by atoms with Gasteiger partial charge in [-0.25, -0.2) is 0 Å². The van der Waals surface area contributed by atoms with Gasteiger partial charge in [0.05, 0.1) is 6.26 Å². The molecule has 0 spiro atoms. The maximum Gasteiger partial charge on any atom is 0.310 e. The fourth-order valence-corrected chi connectivity index (χ4v) is 1.23. The van der Waals surface area contributed by atoms with Crippen LogP contribution in [0.3, 0.4) is 0 Å². The summed E-state index contributed by atoms with van der Waals surface area (Å²) in [6, 6.07) is 10.1. The van der Waals surface area contributed by atoms with E-state index in [0.29, 0.717) is 6.42 Å². The molecule has 0 saturated carbocycles. The maximum atomic E-state index is 10.9. The quantitative estimate of drug-likeness (QED) is 0.527. The fourth-order valence-electron chi connectivity index (χ4n) is 1.23. The molecular formula is C12H14O2. The normalized spacial score (nSPS) is 9.43. The van der Waals surface area contributed by atoms with Crippen LogP contribution < -0.4 is 0 Å². The monoisotopic (exact) mass is 190 g/mol. The second-order valence-electron chi connectivity index (χ2n) is 3.00. The van der Waals surface area contributed by atoms with Gasteiger partial charge in [0.15, 0.2) is 0 Å². The van der Waals surface area contributed by atoms with Crippen molar-refractivity contribution in [2.24, 2.45) is 0 Å². The minimum absolute atomic E-state index is 0.212. The first kappa shape index (κ1) is 10.5. The zero-order valence-corrected chi connectivity index (χ0v) is 8.11. The van der Waals surface area contributed by atoms with Gasteiger partial charge in [-0.2, -0.15) is 0 Å². The average Bonchev–Trinajstić information content (AvgIpc) is 2.20. The molecule has 2 heteroatoms. The van der Waals surface area contributed by atoms with Gasteiger partial charge in [0, 0.05) is 6.42 Å². The van der Waals surface area contributed by atoms with E-state index in [2.05, 4.69) is 23.4 Å². The molecule has 2 nitrogen and oxygen atoms in total. The lowest BCUT2D eigenvalue weighted by atomic mass is 10.1. The summed E-state index contributed by atoms with van der Waals surface area (Å²) < 4.78 is 4.60. The Labute approximate surface area is 84.2 Å². The molecule has 0 aliphatic rings. The highest BCUT2D eigenvalue weighted by Gasteiger charge is 2.00. The first-order chi connectivity index (χ1) is 6.83. The predicted molar refractivity (Wildman–Crippen MR) is 55.7 cm³/mol. The van der Waals surface area contributed by atoms with Gasteiger partial charge in [0.2, 0.25) is 0 Å². The zero-order chi connectivity index (χ0) is 10.2. The number of aryl methyl sites for hydroxylation is 1. The van der Waals surface area contributed by atoms with E-state index in [4.69, 9.17) is 0 Å². The number of hydrogen-bond donors (Lipinski definition) is 0. The molecule has 0 unspecified atom stereocenters.